The molecule has 1 aliphatic carbocycles. The zero-order valence-electron chi connectivity index (χ0n) is 13.3. The Morgan fingerprint density at radius 1 is 1.30 bits per heavy atom. The van der Waals surface area contributed by atoms with Gasteiger partial charge in [0.15, 0.2) is 0 Å². The number of rotatable bonds is 4. The number of anilines is 1. The molecule has 1 fully saturated rings. The smallest absolute Gasteiger partial charge is 0.333 e. The normalized spacial score (nSPS) is 21.1. The maximum Gasteiger partial charge on any atom is 0.333 e. The Labute approximate surface area is 134 Å². The highest BCUT2D eigenvalue weighted by Gasteiger charge is 2.25. The van der Waals surface area contributed by atoms with Crippen molar-refractivity contribution in [3.8, 4) is 5.82 Å². The fraction of sp³-hybridized carbons (Fsp3) is 0.533. The van der Waals surface area contributed by atoms with Crippen LogP contribution in [-0.2, 0) is 0 Å². The monoisotopic (exact) mass is 316 g/mol. The van der Waals surface area contributed by atoms with Gasteiger partial charge in [-0.1, -0.05) is 6.92 Å². The van der Waals surface area contributed by atoms with Crippen LogP contribution in [0.3, 0.4) is 0 Å². The number of imidazole rings is 1. The average Bonchev–Trinajstić information content (AvgIpc) is 3.03. The second-order valence-corrected chi connectivity index (χ2v) is 6.13. The van der Waals surface area contributed by atoms with Crippen LogP contribution in [0.4, 0.5) is 11.6 Å². The highest BCUT2D eigenvalue weighted by molar-refractivity contribution is 5.53. The second kappa shape index (κ2) is 6.31. The minimum absolute atomic E-state index is 0.0918. The number of nitrogens with one attached hydrogen (secondary N) is 1. The highest BCUT2D eigenvalue weighted by Crippen LogP contribution is 2.28. The molecule has 3 rings (SSSR count). The van der Waals surface area contributed by atoms with Crippen LogP contribution in [-0.4, -0.2) is 30.5 Å². The largest absolute Gasteiger partial charge is 0.351 e. The molecule has 0 aliphatic heterocycles. The van der Waals surface area contributed by atoms with E-state index in [1.807, 2.05) is 0 Å². The van der Waals surface area contributed by atoms with E-state index in [2.05, 4.69) is 27.2 Å². The van der Waals surface area contributed by atoms with Crippen LogP contribution in [0.5, 0.6) is 0 Å². The molecular formula is C15H20N6O2. The summed E-state index contributed by atoms with van der Waals surface area (Å²) in [7, 11) is 0. The number of hydrogen-bond donors (Lipinski definition) is 1. The molecule has 23 heavy (non-hydrogen) atoms. The van der Waals surface area contributed by atoms with E-state index in [1.165, 1.54) is 19.2 Å². The first-order valence-electron chi connectivity index (χ1n) is 7.82. The van der Waals surface area contributed by atoms with Gasteiger partial charge in [0, 0.05) is 18.4 Å². The summed E-state index contributed by atoms with van der Waals surface area (Å²) in [6.45, 7) is 3.90. The van der Waals surface area contributed by atoms with Gasteiger partial charge >= 0.3 is 5.69 Å². The van der Waals surface area contributed by atoms with E-state index in [0.29, 0.717) is 17.7 Å². The average molecular weight is 316 g/mol. The molecule has 2 aromatic rings. The Hall–Kier alpha value is -2.51. The number of nitrogens with zero attached hydrogens (tertiary/aromatic N) is 5. The molecule has 0 unspecified atom stereocenters. The van der Waals surface area contributed by atoms with Crippen molar-refractivity contribution < 1.29 is 4.92 Å². The first-order valence-corrected chi connectivity index (χ1v) is 7.82. The summed E-state index contributed by atoms with van der Waals surface area (Å²) in [6.07, 6.45) is 9.20. The van der Waals surface area contributed by atoms with Gasteiger partial charge in [-0.2, -0.15) is 4.98 Å². The summed E-state index contributed by atoms with van der Waals surface area (Å²) in [6, 6.07) is 0.322. The minimum atomic E-state index is -0.448. The molecule has 0 atom stereocenters. The van der Waals surface area contributed by atoms with Crippen LogP contribution < -0.4 is 5.32 Å². The summed E-state index contributed by atoms with van der Waals surface area (Å²) in [5, 5.41) is 14.7. The Bertz CT molecular complexity index is 692. The molecule has 2 heterocycles. The molecule has 0 bridgehead atoms. The maximum absolute atomic E-state index is 11.3. The lowest BCUT2D eigenvalue weighted by molar-refractivity contribution is -0.385. The number of hydrogen-bond acceptors (Lipinski definition) is 6. The quantitative estimate of drug-likeness (QED) is 0.688. The van der Waals surface area contributed by atoms with Gasteiger partial charge in [-0.05, 0) is 38.5 Å². The van der Waals surface area contributed by atoms with Gasteiger partial charge in [0.1, 0.15) is 12.0 Å². The van der Waals surface area contributed by atoms with Crippen molar-refractivity contribution in [1.29, 1.82) is 0 Å². The molecule has 8 nitrogen and oxygen atoms in total. The third kappa shape index (κ3) is 3.30. The van der Waals surface area contributed by atoms with Crippen LogP contribution in [0.1, 0.15) is 38.3 Å². The Morgan fingerprint density at radius 2 is 2.04 bits per heavy atom. The van der Waals surface area contributed by atoms with Crippen molar-refractivity contribution in [1.82, 2.24) is 19.5 Å². The summed E-state index contributed by atoms with van der Waals surface area (Å²) in [5.74, 6) is 1.44. The molecule has 1 saturated carbocycles. The van der Waals surface area contributed by atoms with Gasteiger partial charge in [0.05, 0.1) is 4.92 Å². The third-order valence-electron chi connectivity index (χ3n) is 4.32. The van der Waals surface area contributed by atoms with Crippen LogP contribution in [0.25, 0.3) is 5.82 Å². The highest BCUT2D eigenvalue weighted by atomic mass is 16.6. The standard InChI is InChI=1S/C15H20N6O2/c1-10-3-5-12(6-4-10)18-15-17-11(2)13(21(22)23)14(19-15)20-8-7-16-9-20/h7-10,12H,3-6H2,1-2H3,(H,17,18,19). The maximum atomic E-state index is 11.3. The van der Waals surface area contributed by atoms with Crippen molar-refractivity contribution in [3.05, 3.63) is 34.5 Å². The van der Waals surface area contributed by atoms with Crippen molar-refractivity contribution in [2.45, 2.75) is 45.6 Å². The zero-order valence-corrected chi connectivity index (χ0v) is 13.3. The van der Waals surface area contributed by atoms with Crippen molar-refractivity contribution in [2.75, 3.05) is 5.32 Å². The second-order valence-electron chi connectivity index (χ2n) is 6.13. The Morgan fingerprint density at radius 3 is 2.65 bits per heavy atom. The molecule has 0 amide bonds. The van der Waals surface area contributed by atoms with Gasteiger partial charge in [0.25, 0.3) is 0 Å². The van der Waals surface area contributed by atoms with E-state index in [0.717, 1.165) is 18.8 Å². The SMILES string of the molecule is Cc1nc(NC2CCC(C)CC2)nc(-n2ccnc2)c1[N+](=O)[O-]. The number of nitro groups is 1. The molecule has 0 aromatic carbocycles. The van der Waals surface area contributed by atoms with Crippen molar-refractivity contribution in [2.24, 2.45) is 5.92 Å². The predicted octanol–water partition coefficient (Wildman–Crippen LogP) is 2.87. The zero-order chi connectivity index (χ0) is 16.4. The van der Waals surface area contributed by atoms with E-state index >= 15 is 0 Å². The Balaban J connectivity index is 1.92. The van der Waals surface area contributed by atoms with E-state index < -0.39 is 4.92 Å². The third-order valence-corrected chi connectivity index (χ3v) is 4.32. The van der Waals surface area contributed by atoms with Crippen molar-refractivity contribution in [3.63, 3.8) is 0 Å². The topological polar surface area (TPSA) is 98.8 Å². The van der Waals surface area contributed by atoms with Gasteiger partial charge in [-0.3, -0.25) is 14.7 Å². The lowest BCUT2D eigenvalue weighted by Gasteiger charge is -2.27. The minimum Gasteiger partial charge on any atom is -0.351 e. The number of aromatic nitrogens is 4. The van der Waals surface area contributed by atoms with Crippen LogP contribution >= 0.6 is 0 Å². The summed E-state index contributed by atoms with van der Waals surface area (Å²) in [4.78, 5) is 23.5. The predicted molar refractivity (Wildman–Crippen MR) is 85.6 cm³/mol. The fourth-order valence-electron chi connectivity index (χ4n) is 2.98. The lowest BCUT2D eigenvalue weighted by Crippen LogP contribution is -2.26. The molecule has 1 N–H and O–H groups in total. The molecule has 8 heteroatoms. The lowest BCUT2D eigenvalue weighted by atomic mass is 9.87. The first-order chi connectivity index (χ1) is 11.0. The van der Waals surface area contributed by atoms with Crippen LogP contribution in [0.15, 0.2) is 18.7 Å². The summed E-state index contributed by atoms with van der Waals surface area (Å²) >= 11 is 0. The van der Waals surface area contributed by atoms with Gasteiger partial charge < -0.3 is 5.32 Å². The van der Waals surface area contributed by atoms with Crippen molar-refractivity contribution >= 4 is 11.6 Å². The molecule has 0 saturated heterocycles. The van der Waals surface area contributed by atoms with E-state index in [1.54, 1.807) is 23.9 Å². The fourth-order valence-corrected chi connectivity index (χ4v) is 2.98. The molecule has 2 aromatic heterocycles. The molecule has 122 valence electrons. The first kappa shape index (κ1) is 15.4. The van der Waals surface area contributed by atoms with E-state index in [4.69, 9.17) is 0 Å². The van der Waals surface area contributed by atoms with Gasteiger partial charge in [0.2, 0.25) is 11.8 Å². The van der Waals surface area contributed by atoms with Crippen LogP contribution in [0, 0.1) is 23.0 Å². The van der Waals surface area contributed by atoms with Gasteiger partial charge in [-0.15, -0.1) is 0 Å². The van der Waals surface area contributed by atoms with E-state index in [9.17, 15) is 10.1 Å². The van der Waals surface area contributed by atoms with E-state index in [-0.39, 0.29) is 11.5 Å². The molecule has 0 spiro atoms. The van der Waals surface area contributed by atoms with Gasteiger partial charge in [-0.25, -0.2) is 9.97 Å². The molecule has 1 aliphatic rings. The molecule has 0 radical (unpaired) electrons. The summed E-state index contributed by atoms with van der Waals surface area (Å²) < 4.78 is 1.54. The Kier molecular flexibility index (Phi) is 4.22. The van der Waals surface area contributed by atoms with Crippen LogP contribution in [0.2, 0.25) is 0 Å². The summed E-state index contributed by atoms with van der Waals surface area (Å²) in [5.41, 5.74) is 0.256. The molecular weight excluding hydrogens is 296 g/mol. The number of aryl methyl sites for hydroxylation is 1.